The molecule has 0 aromatic heterocycles. The lowest BCUT2D eigenvalue weighted by molar-refractivity contribution is 0.609. The van der Waals surface area contributed by atoms with Crippen LogP contribution in [0.2, 0.25) is 0 Å². The van der Waals surface area contributed by atoms with E-state index < -0.39 is 9.05 Å². The van der Waals surface area contributed by atoms with E-state index in [1.165, 1.54) is 5.56 Å². The van der Waals surface area contributed by atoms with Gasteiger partial charge in [-0.15, -0.1) is 0 Å². The Labute approximate surface area is 89.3 Å². The molecule has 78 valence electrons. The van der Waals surface area contributed by atoms with E-state index in [0.29, 0.717) is 6.42 Å². The van der Waals surface area contributed by atoms with Crippen LogP contribution in [0.15, 0.2) is 24.3 Å². The van der Waals surface area contributed by atoms with Gasteiger partial charge in [0.05, 0.1) is 5.75 Å². The first-order valence-electron chi connectivity index (χ1n) is 4.51. The molecular formula is C10H13ClO2S. The topological polar surface area (TPSA) is 34.1 Å². The normalized spacial score (nSPS) is 11.6. The predicted octanol–water partition coefficient (Wildman–Crippen LogP) is 2.36. The standard InChI is InChI=1S/C10H13ClO2S/c1-2-9-3-5-10(6-4-9)7-8-14(11,12)13/h3-6H,2,7-8H2,1H3. The summed E-state index contributed by atoms with van der Waals surface area (Å²) in [6.45, 7) is 2.08. The molecule has 0 heterocycles. The van der Waals surface area contributed by atoms with Gasteiger partial charge in [-0.25, -0.2) is 8.42 Å². The fourth-order valence-electron chi connectivity index (χ4n) is 1.18. The second-order valence-corrected chi connectivity index (χ2v) is 6.06. The largest absolute Gasteiger partial charge is 0.232 e. The Kier molecular flexibility index (Phi) is 3.96. The van der Waals surface area contributed by atoms with Crippen molar-refractivity contribution in [2.45, 2.75) is 19.8 Å². The molecule has 0 aliphatic carbocycles. The molecule has 0 N–H and O–H groups in total. The van der Waals surface area contributed by atoms with Crippen molar-refractivity contribution in [3.8, 4) is 0 Å². The Morgan fingerprint density at radius 2 is 1.64 bits per heavy atom. The lowest BCUT2D eigenvalue weighted by Gasteiger charge is -2.00. The molecule has 0 saturated carbocycles. The van der Waals surface area contributed by atoms with E-state index in [9.17, 15) is 8.42 Å². The fourth-order valence-corrected chi connectivity index (χ4v) is 1.89. The minimum atomic E-state index is -3.37. The summed E-state index contributed by atoms with van der Waals surface area (Å²) in [5.74, 6) is 0.0000270. The van der Waals surface area contributed by atoms with Crippen LogP contribution in [0.25, 0.3) is 0 Å². The highest BCUT2D eigenvalue weighted by Crippen LogP contribution is 2.08. The summed E-state index contributed by atoms with van der Waals surface area (Å²) in [6.07, 6.45) is 1.48. The molecule has 0 fully saturated rings. The van der Waals surface area contributed by atoms with Crippen LogP contribution < -0.4 is 0 Å². The van der Waals surface area contributed by atoms with Crippen LogP contribution >= 0.6 is 10.7 Å². The highest BCUT2D eigenvalue weighted by atomic mass is 35.7. The van der Waals surface area contributed by atoms with Gasteiger partial charge in [0.2, 0.25) is 9.05 Å². The lowest BCUT2D eigenvalue weighted by atomic mass is 10.1. The van der Waals surface area contributed by atoms with Crippen molar-refractivity contribution < 1.29 is 8.42 Å². The average Bonchev–Trinajstić information content (AvgIpc) is 2.14. The van der Waals surface area contributed by atoms with Crippen molar-refractivity contribution in [2.24, 2.45) is 0 Å². The maximum atomic E-state index is 10.7. The molecule has 0 aliphatic rings. The van der Waals surface area contributed by atoms with E-state index >= 15 is 0 Å². The fraction of sp³-hybridized carbons (Fsp3) is 0.400. The minimum Gasteiger partial charge on any atom is -0.212 e. The molecule has 0 saturated heterocycles. The quantitative estimate of drug-likeness (QED) is 0.747. The van der Waals surface area contributed by atoms with E-state index in [1.807, 2.05) is 24.3 Å². The molecule has 2 nitrogen and oxygen atoms in total. The van der Waals surface area contributed by atoms with E-state index in [1.54, 1.807) is 0 Å². The van der Waals surface area contributed by atoms with Crippen molar-refractivity contribution >= 4 is 19.7 Å². The SMILES string of the molecule is CCc1ccc(CCS(=O)(=O)Cl)cc1. The number of hydrogen-bond acceptors (Lipinski definition) is 2. The van der Waals surface area contributed by atoms with Gasteiger partial charge < -0.3 is 0 Å². The summed E-state index contributed by atoms with van der Waals surface area (Å²) < 4.78 is 21.4. The summed E-state index contributed by atoms with van der Waals surface area (Å²) in [4.78, 5) is 0. The third-order valence-electron chi connectivity index (χ3n) is 2.07. The Bertz CT molecular complexity index is 381. The molecule has 0 amide bonds. The first-order valence-corrected chi connectivity index (χ1v) is 6.99. The van der Waals surface area contributed by atoms with E-state index in [2.05, 4.69) is 6.92 Å². The van der Waals surface area contributed by atoms with Crippen LogP contribution in [-0.2, 0) is 21.9 Å². The zero-order chi connectivity index (χ0) is 10.6. The summed E-state index contributed by atoms with van der Waals surface area (Å²) in [7, 11) is 1.75. The summed E-state index contributed by atoms with van der Waals surface area (Å²) in [5.41, 5.74) is 2.26. The Hall–Kier alpha value is -0.540. The zero-order valence-corrected chi connectivity index (χ0v) is 9.61. The van der Waals surface area contributed by atoms with Gasteiger partial charge in [0, 0.05) is 10.7 Å². The second-order valence-electron chi connectivity index (χ2n) is 3.16. The van der Waals surface area contributed by atoms with E-state index in [-0.39, 0.29) is 5.75 Å². The van der Waals surface area contributed by atoms with Crippen molar-refractivity contribution in [1.29, 1.82) is 0 Å². The smallest absolute Gasteiger partial charge is 0.212 e. The molecule has 0 bridgehead atoms. The van der Waals surface area contributed by atoms with Crippen molar-refractivity contribution in [1.82, 2.24) is 0 Å². The molecule has 4 heteroatoms. The molecule has 0 spiro atoms. The van der Waals surface area contributed by atoms with Gasteiger partial charge in [-0.3, -0.25) is 0 Å². The van der Waals surface area contributed by atoms with Crippen molar-refractivity contribution in [3.05, 3.63) is 35.4 Å². The van der Waals surface area contributed by atoms with Crippen molar-refractivity contribution in [2.75, 3.05) is 5.75 Å². The number of rotatable bonds is 4. The van der Waals surface area contributed by atoms with Crippen LogP contribution in [0.3, 0.4) is 0 Å². The predicted molar refractivity (Wildman–Crippen MR) is 59.2 cm³/mol. The van der Waals surface area contributed by atoms with Crippen LogP contribution in [0.1, 0.15) is 18.1 Å². The Morgan fingerprint density at radius 3 is 2.07 bits per heavy atom. The Balaban J connectivity index is 2.61. The van der Waals surface area contributed by atoms with Crippen LogP contribution in [-0.4, -0.2) is 14.2 Å². The highest BCUT2D eigenvalue weighted by molar-refractivity contribution is 8.13. The highest BCUT2D eigenvalue weighted by Gasteiger charge is 2.04. The molecule has 1 rings (SSSR count). The average molecular weight is 233 g/mol. The third-order valence-corrected chi connectivity index (χ3v) is 3.22. The molecule has 1 aromatic carbocycles. The molecule has 0 aliphatic heterocycles. The van der Waals surface area contributed by atoms with Gasteiger partial charge in [-0.2, -0.15) is 0 Å². The third kappa shape index (κ3) is 4.11. The van der Waals surface area contributed by atoms with Crippen LogP contribution in [0.5, 0.6) is 0 Å². The molecule has 14 heavy (non-hydrogen) atoms. The van der Waals surface area contributed by atoms with Gasteiger partial charge >= 0.3 is 0 Å². The number of halogens is 1. The number of benzene rings is 1. The molecule has 0 atom stereocenters. The summed E-state index contributed by atoms with van der Waals surface area (Å²) in [6, 6.07) is 7.91. The monoisotopic (exact) mass is 232 g/mol. The second kappa shape index (κ2) is 4.80. The van der Waals surface area contributed by atoms with Gasteiger partial charge in [0.25, 0.3) is 0 Å². The van der Waals surface area contributed by atoms with Crippen LogP contribution in [0.4, 0.5) is 0 Å². The Morgan fingerprint density at radius 1 is 1.14 bits per heavy atom. The van der Waals surface area contributed by atoms with Gasteiger partial charge in [-0.05, 0) is 24.0 Å². The summed E-state index contributed by atoms with van der Waals surface area (Å²) >= 11 is 0. The zero-order valence-electron chi connectivity index (χ0n) is 8.03. The van der Waals surface area contributed by atoms with Crippen LogP contribution in [0, 0.1) is 0 Å². The van der Waals surface area contributed by atoms with Gasteiger partial charge in [0.15, 0.2) is 0 Å². The lowest BCUT2D eigenvalue weighted by Crippen LogP contribution is -2.00. The van der Waals surface area contributed by atoms with E-state index in [4.69, 9.17) is 10.7 Å². The van der Waals surface area contributed by atoms with Crippen molar-refractivity contribution in [3.63, 3.8) is 0 Å². The molecule has 0 radical (unpaired) electrons. The summed E-state index contributed by atoms with van der Waals surface area (Å²) in [5, 5.41) is 0. The first-order chi connectivity index (χ1) is 6.51. The maximum absolute atomic E-state index is 10.7. The van der Waals surface area contributed by atoms with E-state index in [0.717, 1.165) is 12.0 Å². The first kappa shape index (κ1) is 11.5. The number of aryl methyl sites for hydroxylation is 2. The minimum absolute atomic E-state index is 0.0000270. The maximum Gasteiger partial charge on any atom is 0.232 e. The number of hydrogen-bond donors (Lipinski definition) is 0. The molecule has 0 unspecified atom stereocenters. The van der Waals surface area contributed by atoms with Gasteiger partial charge in [0.1, 0.15) is 0 Å². The molecular weight excluding hydrogens is 220 g/mol. The van der Waals surface area contributed by atoms with Gasteiger partial charge in [-0.1, -0.05) is 31.2 Å². The molecule has 1 aromatic rings.